The van der Waals surface area contributed by atoms with Gasteiger partial charge in [-0.2, -0.15) is 0 Å². The highest BCUT2D eigenvalue weighted by Crippen LogP contribution is 2.20. The molecule has 0 bridgehead atoms. The van der Waals surface area contributed by atoms with Crippen LogP contribution in [0.5, 0.6) is 5.75 Å². The number of benzene rings is 1. The van der Waals surface area contributed by atoms with Gasteiger partial charge in [0.15, 0.2) is 5.82 Å². The molecule has 18 heavy (non-hydrogen) atoms. The molecular formula is C13H16N4O. The number of nitrogens with two attached hydrogens (primary N) is 1. The van der Waals surface area contributed by atoms with Gasteiger partial charge in [0, 0.05) is 18.7 Å². The number of rotatable bonds is 4. The van der Waals surface area contributed by atoms with Crippen molar-refractivity contribution in [1.82, 2.24) is 9.97 Å². The van der Waals surface area contributed by atoms with Gasteiger partial charge >= 0.3 is 0 Å². The molecule has 0 aliphatic carbocycles. The number of nitrogens with zero attached hydrogens (tertiary/aromatic N) is 2. The molecule has 5 nitrogen and oxygen atoms in total. The molecule has 1 aromatic carbocycles. The number of hydrogen-bond acceptors (Lipinski definition) is 5. The van der Waals surface area contributed by atoms with Crippen molar-refractivity contribution in [2.24, 2.45) is 5.73 Å². The molecule has 0 unspecified atom stereocenters. The molecule has 5 heteroatoms. The van der Waals surface area contributed by atoms with Crippen molar-refractivity contribution >= 4 is 5.69 Å². The van der Waals surface area contributed by atoms with Crippen molar-refractivity contribution in [2.75, 3.05) is 18.4 Å². The van der Waals surface area contributed by atoms with E-state index in [4.69, 9.17) is 5.73 Å². The van der Waals surface area contributed by atoms with Gasteiger partial charge in [-0.3, -0.25) is 0 Å². The van der Waals surface area contributed by atoms with Crippen LogP contribution in [0.15, 0.2) is 30.5 Å². The molecule has 0 fully saturated rings. The zero-order valence-corrected chi connectivity index (χ0v) is 10.2. The Morgan fingerprint density at radius 3 is 2.61 bits per heavy atom. The van der Waals surface area contributed by atoms with Crippen molar-refractivity contribution in [1.29, 1.82) is 0 Å². The maximum absolute atomic E-state index is 9.24. The zero-order chi connectivity index (χ0) is 13.0. The summed E-state index contributed by atoms with van der Waals surface area (Å²) in [5, 5.41) is 12.4. The molecule has 0 atom stereocenters. The number of anilines is 1. The fourth-order valence-corrected chi connectivity index (χ4v) is 1.60. The Morgan fingerprint density at radius 2 is 2.00 bits per heavy atom. The normalized spacial score (nSPS) is 10.3. The maximum atomic E-state index is 9.24. The van der Waals surface area contributed by atoms with Gasteiger partial charge in [-0.15, -0.1) is 0 Å². The monoisotopic (exact) mass is 244 g/mol. The third-order valence-electron chi connectivity index (χ3n) is 2.56. The van der Waals surface area contributed by atoms with Gasteiger partial charge in [-0.25, -0.2) is 9.97 Å². The van der Waals surface area contributed by atoms with Gasteiger partial charge in [0.05, 0.1) is 17.6 Å². The van der Waals surface area contributed by atoms with Crippen LogP contribution in [0.3, 0.4) is 0 Å². The van der Waals surface area contributed by atoms with Crippen LogP contribution < -0.4 is 11.1 Å². The van der Waals surface area contributed by atoms with E-state index in [1.807, 2.05) is 6.92 Å². The minimum Gasteiger partial charge on any atom is -0.508 e. The topological polar surface area (TPSA) is 84.1 Å². The minimum atomic E-state index is 0.233. The molecule has 1 heterocycles. The first-order valence-electron chi connectivity index (χ1n) is 5.77. The van der Waals surface area contributed by atoms with Gasteiger partial charge in [0.1, 0.15) is 5.75 Å². The summed E-state index contributed by atoms with van der Waals surface area (Å²) < 4.78 is 0. The molecule has 2 rings (SSSR count). The molecule has 0 aliphatic heterocycles. The van der Waals surface area contributed by atoms with E-state index < -0.39 is 0 Å². The highest BCUT2D eigenvalue weighted by molar-refractivity contribution is 5.58. The van der Waals surface area contributed by atoms with Gasteiger partial charge < -0.3 is 16.2 Å². The molecule has 2 aromatic rings. The summed E-state index contributed by atoms with van der Waals surface area (Å²) >= 11 is 0. The fraction of sp³-hybridized carbons (Fsp3) is 0.231. The average molecular weight is 244 g/mol. The Hall–Kier alpha value is -2.14. The van der Waals surface area contributed by atoms with Crippen molar-refractivity contribution in [3.05, 3.63) is 36.2 Å². The molecule has 0 radical (unpaired) electrons. The summed E-state index contributed by atoms with van der Waals surface area (Å²) in [5.41, 5.74) is 8.08. The van der Waals surface area contributed by atoms with Gasteiger partial charge in [0.25, 0.3) is 0 Å². The molecule has 4 N–H and O–H groups in total. The minimum absolute atomic E-state index is 0.233. The lowest BCUT2D eigenvalue weighted by Crippen LogP contribution is -2.14. The van der Waals surface area contributed by atoms with Crippen LogP contribution in [0.25, 0.3) is 11.4 Å². The lowest BCUT2D eigenvalue weighted by molar-refractivity contribution is 0.475. The van der Waals surface area contributed by atoms with Crippen LogP contribution in [-0.2, 0) is 0 Å². The third kappa shape index (κ3) is 2.75. The molecular weight excluding hydrogens is 228 g/mol. The summed E-state index contributed by atoms with van der Waals surface area (Å²) in [6.07, 6.45) is 1.75. The average Bonchev–Trinajstić information content (AvgIpc) is 2.38. The Bertz CT molecular complexity index is 525. The SMILES string of the molecule is Cc1nc(-c2ccc(O)cc2)ncc1NCCN. The van der Waals surface area contributed by atoms with E-state index in [2.05, 4.69) is 15.3 Å². The van der Waals surface area contributed by atoms with E-state index >= 15 is 0 Å². The Kier molecular flexibility index (Phi) is 3.74. The Labute approximate surface area is 106 Å². The van der Waals surface area contributed by atoms with E-state index in [0.29, 0.717) is 18.9 Å². The Balaban J connectivity index is 2.25. The van der Waals surface area contributed by atoms with E-state index in [9.17, 15) is 5.11 Å². The summed E-state index contributed by atoms with van der Waals surface area (Å²) in [5.74, 6) is 0.877. The lowest BCUT2D eigenvalue weighted by atomic mass is 10.2. The third-order valence-corrected chi connectivity index (χ3v) is 2.56. The molecule has 0 saturated heterocycles. The predicted molar refractivity (Wildman–Crippen MR) is 71.4 cm³/mol. The van der Waals surface area contributed by atoms with Gasteiger partial charge in [-0.1, -0.05) is 0 Å². The van der Waals surface area contributed by atoms with Crippen LogP contribution >= 0.6 is 0 Å². The van der Waals surface area contributed by atoms with Crippen LogP contribution in [-0.4, -0.2) is 28.2 Å². The zero-order valence-electron chi connectivity index (χ0n) is 10.2. The number of hydrogen-bond donors (Lipinski definition) is 3. The highest BCUT2D eigenvalue weighted by atomic mass is 16.3. The van der Waals surface area contributed by atoms with E-state index in [1.54, 1.807) is 30.5 Å². The van der Waals surface area contributed by atoms with Crippen molar-refractivity contribution < 1.29 is 5.11 Å². The van der Waals surface area contributed by atoms with Crippen LogP contribution in [0.1, 0.15) is 5.69 Å². The van der Waals surface area contributed by atoms with E-state index in [-0.39, 0.29) is 5.75 Å². The number of aromatic hydroxyl groups is 1. The standard InChI is InChI=1S/C13H16N4O/c1-9-12(15-7-6-14)8-16-13(17-9)10-2-4-11(18)5-3-10/h2-5,8,15,18H,6-7,14H2,1H3. The number of aromatic nitrogens is 2. The molecule has 1 aromatic heterocycles. The maximum Gasteiger partial charge on any atom is 0.159 e. The van der Waals surface area contributed by atoms with Crippen molar-refractivity contribution in [3.8, 4) is 17.1 Å². The second kappa shape index (κ2) is 5.46. The first-order valence-corrected chi connectivity index (χ1v) is 5.77. The summed E-state index contributed by atoms with van der Waals surface area (Å²) in [6.45, 7) is 3.19. The quantitative estimate of drug-likeness (QED) is 0.759. The first-order chi connectivity index (χ1) is 8.70. The smallest absolute Gasteiger partial charge is 0.159 e. The fourth-order valence-electron chi connectivity index (χ4n) is 1.60. The molecule has 94 valence electrons. The molecule has 0 saturated carbocycles. The molecule has 0 aliphatic rings. The summed E-state index contributed by atoms with van der Waals surface area (Å²) in [4.78, 5) is 8.73. The second-order valence-corrected chi connectivity index (χ2v) is 3.96. The molecule has 0 amide bonds. The van der Waals surface area contributed by atoms with Gasteiger partial charge in [0.2, 0.25) is 0 Å². The van der Waals surface area contributed by atoms with Gasteiger partial charge in [-0.05, 0) is 31.2 Å². The second-order valence-electron chi connectivity index (χ2n) is 3.96. The summed E-state index contributed by atoms with van der Waals surface area (Å²) in [6, 6.07) is 6.82. The number of aryl methyl sites for hydroxylation is 1. The number of nitrogens with one attached hydrogen (secondary N) is 1. The number of phenols is 1. The molecule has 0 spiro atoms. The van der Waals surface area contributed by atoms with Crippen molar-refractivity contribution in [3.63, 3.8) is 0 Å². The highest BCUT2D eigenvalue weighted by Gasteiger charge is 2.05. The van der Waals surface area contributed by atoms with Crippen LogP contribution in [0.4, 0.5) is 5.69 Å². The number of phenolic OH excluding ortho intramolecular Hbond substituents is 1. The van der Waals surface area contributed by atoms with E-state index in [0.717, 1.165) is 16.9 Å². The first kappa shape index (κ1) is 12.3. The largest absolute Gasteiger partial charge is 0.508 e. The van der Waals surface area contributed by atoms with E-state index in [1.165, 1.54) is 0 Å². The van der Waals surface area contributed by atoms with Crippen molar-refractivity contribution in [2.45, 2.75) is 6.92 Å². The Morgan fingerprint density at radius 1 is 1.28 bits per heavy atom. The lowest BCUT2D eigenvalue weighted by Gasteiger charge is -2.08. The van der Waals surface area contributed by atoms with Crippen LogP contribution in [0, 0.1) is 6.92 Å². The van der Waals surface area contributed by atoms with Crippen LogP contribution in [0.2, 0.25) is 0 Å². The summed E-state index contributed by atoms with van der Waals surface area (Å²) in [7, 11) is 0. The predicted octanol–water partition coefficient (Wildman–Crippen LogP) is 1.53.